The maximum atomic E-state index is 12.7. The van der Waals surface area contributed by atoms with E-state index in [2.05, 4.69) is 15.2 Å². The topological polar surface area (TPSA) is 89.1 Å². The molecule has 3 heterocycles. The molecule has 1 amide bonds. The molecule has 0 spiro atoms. The van der Waals surface area contributed by atoms with Gasteiger partial charge >= 0.3 is 12.1 Å². The second-order valence-electron chi connectivity index (χ2n) is 8.33. The van der Waals surface area contributed by atoms with E-state index in [0.29, 0.717) is 35.5 Å². The summed E-state index contributed by atoms with van der Waals surface area (Å²) in [5, 5.41) is 8.98. The molecule has 2 aromatic heterocycles. The molecular weight excluding hydrogens is 401 g/mol. The maximum absolute atomic E-state index is 12.7. The van der Waals surface area contributed by atoms with E-state index < -0.39 is 17.6 Å². The Morgan fingerprint density at radius 3 is 2.60 bits per heavy atom. The number of alkyl halides is 3. The number of ether oxygens (including phenoxy) is 2. The second-order valence-corrected chi connectivity index (χ2v) is 8.33. The molecule has 2 N–H and O–H groups in total. The Labute approximate surface area is 170 Å². The minimum absolute atomic E-state index is 0.0692. The summed E-state index contributed by atoms with van der Waals surface area (Å²) in [4.78, 5) is 15.9. The van der Waals surface area contributed by atoms with Gasteiger partial charge in [0, 0.05) is 17.8 Å². The third-order valence-corrected chi connectivity index (χ3v) is 5.75. The first kappa shape index (κ1) is 19.3. The number of halogens is 3. The molecule has 0 aromatic carbocycles. The van der Waals surface area contributed by atoms with Gasteiger partial charge < -0.3 is 14.8 Å². The van der Waals surface area contributed by atoms with Crippen molar-refractivity contribution >= 4 is 5.91 Å². The van der Waals surface area contributed by atoms with Crippen molar-refractivity contribution < 1.29 is 27.4 Å². The van der Waals surface area contributed by atoms with Crippen LogP contribution in [0, 0.1) is 5.92 Å². The van der Waals surface area contributed by atoms with E-state index in [0.717, 1.165) is 24.2 Å². The Bertz CT molecular complexity index is 962. The predicted molar refractivity (Wildman–Crippen MR) is 98.7 cm³/mol. The Kier molecular flexibility index (Phi) is 4.49. The highest BCUT2D eigenvalue weighted by atomic mass is 19.4. The van der Waals surface area contributed by atoms with Crippen LogP contribution in [0.5, 0.6) is 5.75 Å². The number of carbonyl (C=O) groups is 1. The fourth-order valence-corrected chi connectivity index (χ4v) is 3.49. The summed E-state index contributed by atoms with van der Waals surface area (Å²) < 4.78 is 49.3. The SMILES string of the molecule is O=C(NC1(c2cc(-c3cc(OCC4CC4)c(C4CC4)cn3)n[nH]2)COC1)C(F)(F)F. The van der Waals surface area contributed by atoms with Crippen LogP contribution in [0.15, 0.2) is 18.3 Å². The molecule has 0 bridgehead atoms. The van der Waals surface area contributed by atoms with E-state index in [1.165, 1.54) is 12.8 Å². The Balaban J connectivity index is 1.39. The lowest BCUT2D eigenvalue weighted by molar-refractivity contribution is -0.182. The number of hydrogen-bond acceptors (Lipinski definition) is 5. The minimum atomic E-state index is -4.97. The highest BCUT2D eigenvalue weighted by Crippen LogP contribution is 2.45. The summed E-state index contributed by atoms with van der Waals surface area (Å²) in [5.41, 5.74) is 1.18. The molecule has 0 unspecified atom stereocenters. The predicted octanol–water partition coefficient (Wildman–Crippen LogP) is 3.04. The van der Waals surface area contributed by atoms with Crippen LogP contribution in [-0.2, 0) is 15.1 Å². The van der Waals surface area contributed by atoms with E-state index in [-0.39, 0.29) is 13.2 Å². The molecule has 2 saturated carbocycles. The molecule has 3 aliphatic rings. The summed E-state index contributed by atoms with van der Waals surface area (Å²) in [7, 11) is 0. The lowest BCUT2D eigenvalue weighted by Crippen LogP contribution is -2.61. The number of pyridine rings is 1. The number of aromatic amines is 1. The van der Waals surface area contributed by atoms with Gasteiger partial charge in [-0.25, -0.2) is 0 Å². The first-order valence-corrected chi connectivity index (χ1v) is 10.0. The van der Waals surface area contributed by atoms with Crippen molar-refractivity contribution in [3.63, 3.8) is 0 Å². The maximum Gasteiger partial charge on any atom is 0.471 e. The fourth-order valence-electron chi connectivity index (χ4n) is 3.49. The lowest BCUT2D eigenvalue weighted by Gasteiger charge is -2.41. The summed E-state index contributed by atoms with van der Waals surface area (Å²) in [6.45, 7) is 0.541. The van der Waals surface area contributed by atoms with Gasteiger partial charge in [0.25, 0.3) is 0 Å². The number of rotatable bonds is 7. The molecule has 2 aliphatic carbocycles. The second kappa shape index (κ2) is 6.97. The van der Waals surface area contributed by atoms with E-state index in [4.69, 9.17) is 9.47 Å². The largest absolute Gasteiger partial charge is 0.493 e. The molecular formula is C20H21F3N4O3. The number of H-pyrrole nitrogens is 1. The van der Waals surface area contributed by atoms with E-state index in [9.17, 15) is 18.0 Å². The van der Waals surface area contributed by atoms with Gasteiger partial charge in [-0.2, -0.15) is 18.3 Å². The average Bonchev–Trinajstić information content (AvgIpc) is 3.60. The van der Waals surface area contributed by atoms with Crippen molar-refractivity contribution in [2.45, 2.75) is 43.3 Å². The molecule has 10 heteroatoms. The molecule has 7 nitrogen and oxygen atoms in total. The normalized spacial score (nSPS) is 20.5. The van der Waals surface area contributed by atoms with Crippen LogP contribution in [0.2, 0.25) is 0 Å². The minimum Gasteiger partial charge on any atom is -0.493 e. The molecule has 0 atom stereocenters. The van der Waals surface area contributed by atoms with E-state index in [1.54, 1.807) is 12.3 Å². The van der Waals surface area contributed by atoms with E-state index >= 15 is 0 Å². The molecule has 3 fully saturated rings. The zero-order valence-corrected chi connectivity index (χ0v) is 16.1. The monoisotopic (exact) mass is 422 g/mol. The average molecular weight is 422 g/mol. The number of carbonyl (C=O) groups excluding carboxylic acids is 1. The molecule has 30 heavy (non-hydrogen) atoms. The summed E-state index contributed by atoms with van der Waals surface area (Å²) in [6, 6.07) is 3.44. The van der Waals surface area contributed by atoms with Crippen LogP contribution in [0.3, 0.4) is 0 Å². The van der Waals surface area contributed by atoms with Gasteiger partial charge in [0.2, 0.25) is 0 Å². The van der Waals surface area contributed by atoms with Crippen molar-refractivity contribution in [2.24, 2.45) is 5.92 Å². The first-order chi connectivity index (χ1) is 14.3. The Hall–Kier alpha value is -2.62. The van der Waals surface area contributed by atoms with Crippen molar-refractivity contribution in [3.8, 4) is 17.1 Å². The van der Waals surface area contributed by atoms with Gasteiger partial charge in [-0.1, -0.05) is 0 Å². The number of amides is 1. The summed E-state index contributed by atoms with van der Waals surface area (Å²) >= 11 is 0. The van der Waals surface area contributed by atoms with E-state index in [1.807, 2.05) is 11.4 Å². The van der Waals surface area contributed by atoms with Crippen molar-refractivity contribution in [1.29, 1.82) is 0 Å². The quantitative estimate of drug-likeness (QED) is 0.716. The Morgan fingerprint density at radius 2 is 2.00 bits per heavy atom. The molecule has 160 valence electrons. The van der Waals surface area contributed by atoms with Crippen LogP contribution < -0.4 is 10.1 Å². The summed E-state index contributed by atoms with van der Waals surface area (Å²) in [6.07, 6.45) is 1.45. The van der Waals surface area contributed by atoms with Crippen molar-refractivity contribution in [1.82, 2.24) is 20.5 Å². The van der Waals surface area contributed by atoms with Gasteiger partial charge in [0.1, 0.15) is 17.0 Å². The van der Waals surface area contributed by atoms with Crippen molar-refractivity contribution in [2.75, 3.05) is 19.8 Å². The number of nitrogens with zero attached hydrogens (tertiary/aromatic N) is 2. The third kappa shape index (κ3) is 3.76. The van der Waals surface area contributed by atoms with Crippen LogP contribution in [0.4, 0.5) is 13.2 Å². The van der Waals surface area contributed by atoms with Crippen LogP contribution >= 0.6 is 0 Å². The first-order valence-electron chi connectivity index (χ1n) is 10.0. The van der Waals surface area contributed by atoms with Crippen LogP contribution in [0.1, 0.15) is 42.9 Å². The van der Waals surface area contributed by atoms with Gasteiger partial charge in [-0.15, -0.1) is 0 Å². The van der Waals surface area contributed by atoms with Crippen LogP contribution in [-0.4, -0.2) is 47.1 Å². The van der Waals surface area contributed by atoms with Crippen molar-refractivity contribution in [3.05, 3.63) is 29.6 Å². The highest BCUT2D eigenvalue weighted by Gasteiger charge is 2.49. The molecule has 5 rings (SSSR count). The van der Waals surface area contributed by atoms with Gasteiger partial charge in [-0.3, -0.25) is 14.9 Å². The molecule has 1 aliphatic heterocycles. The van der Waals surface area contributed by atoms with Crippen LogP contribution in [0.25, 0.3) is 11.4 Å². The smallest absolute Gasteiger partial charge is 0.471 e. The third-order valence-electron chi connectivity index (χ3n) is 5.75. The fraction of sp³-hybridized carbons (Fsp3) is 0.550. The summed E-state index contributed by atoms with van der Waals surface area (Å²) in [5.74, 6) is -0.125. The lowest BCUT2D eigenvalue weighted by atomic mass is 9.92. The van der Waals surface area contributed by atoms with Gasteiger partial charge in [0.15, 0.2) is 0 Å². The number of aromatic nitrogens is 3. The van der Waals surface area contributed by atoms with Gasteiger partial charge in [0.05, 0.1) is 31.2 Å². The Morgan fingerprint density at radius 1 is 1.23 bits per heavy atom. The standard InChI is InChI=1S/C20H21F3N4O3/c21-20(22,23)18(28)25-19(9-29-10-19)17-6-15(26-27-17)14-5-16(30-8-11-1-2-11)13(7-24-14)12-3-4-12/h5-7,11-12H,1-4,8-10H2,(H,25,28)(H,26,27). The zero-order chi connectivity index (χ0) is 20.9. The number of nitrogens with one attached hydrogen (secondary N) is 2. The number of hydrogen-bond donors (Lipinski definition) is 2. The highest BCUT2D eigenvalue weighted by molar-refractivity contribution is 5.82. The molecule has 2 aromatic rings. The molecule has 1 saturated heterocycles. The zero-order valence-electron chi connectivity index (χ0n) is 16.1. The van der Waals surface area contributed by atoms with Gasteiger partial charge in [-0.05, 0) is 43.6 Å². The molecule has 0 radical (unpaired) electrons.